The van der Waals surface area contributed by atoms with E-state index in [4.69, 9.17) is 16.3 Å². The number of hydrogen-bond acceptors (Lipinski definition) is 3. The third-order valence-electron chi connectivity index (χ3n) is 5.19. The number of ether oxygens (including phenoxy) is 1. The van der Waals surface area contributed by atoms with Crippen LogP contribution >= 0.6 is 11.6 Å². The highest BCUT2D eigenvalue weighted by Crippen LogP contribution is 2.37. The van der Waals surface area contributed by atoms with Crippen molar-refractivity contribution in [2.45, 2.75) is 24.6 Å². The minimum absolute atomic E-state index is 0.0683. The van der Waals surface area contributed by atoms with Gasteiger partial charge < -0.3 is 10.1 Å². The van der Waals surface area contributed by atoms with Gasteiger partial charge in [-0.15, -0.1) is 0 Å². The number of carbonyl (C=O) groups excluding carboxylic acids is 1. The molecule has 6 heteroatoms. The highest BCUT2D eigenvalue weighted by atomic mass is 35.5. The molecule has 2 aromatic rings. The van der Waals surface area contributed by atoms with E-state index in [-0.39, 0.29) is 24.4 Å². The van der Waals surface area contributed by atoms with Crippen LogP contribution in [0.1, 0.15) is 17.5 Å². The van der Waals surface area contributed by atoms with E-state index in [1.807, 2.05) is 30.3 Å². The quantitative estimate of drug-likeness (QED) is 0.897. The Labute approximate surface area is 156 Å². The molecule has 1 N–H and O–H groups in total. The Morgan fingerprint density at radius 1 is 1.27 bits per heavy atom. The third kappa shape index (κ3) is 3.34. The van der Waals surface area contributed by atoms with Crippen molar-refractivity contribution in [3.63, 3.8) is 0 Å². The van der Waals surface area contributed by atoms with Crippen molar-refractivity contribution in [3.8, 4) is 0 Å². The Morgan fingerprint density at radius 2 is 2.08 bits per heavy atom. The largest absolute Gasteiger partial charge is 0.364 e. The van der Waals surface area contributed by atoms with Gasteiger partial charge in [0.25, 0.3) is 0 Å². The first-order valence-electron chi connectivity index (χ1n) is 8.71. The number of nitrogens with one attached hydrogen (secondary N) is 1. The second kappa shape index (κ2) is 6.99. The van der Waals surface area contributed by atoms with Crippen LogP contribution in [0, 0.1) is 5.82 Å². The smallest absolute Gasteiger partial charge is 0.246 e. The summed E-state index contributed by atoms with van der Waals surface area (Å²) in [5, 5.41) is 3.58. The molecule has 0 aliphatic carbocycles. The SMILES string of the molecule is O=C1CO[C@@H]2CN(Cc3cc(F)cc(Cl)c3)CC[C@@]2(c2ccccc2)N1. The topological polar surface area (TPSA) is 41.6 Å². The van der Waals surface area contributed by atoms with Gasteiger partial charge in [-0.2, -0.15) is 0 Å². The molecule has 2 aliphatic heterocycles. The molecule has 4 nitrogen and oxygen atoms in total. The minimum Gasteiger partial charge on any atom is -0.364 e. The van der Waals surface area contributed by atoms with E-state index >= 15 is 0 Å². The van der Waals surface area contributed by atoms with Crippen molar-refractivity contribution in [1.82, 2.24) is 10.2 Å². The first-order chi connectivity index (χ1) is 12.5. The van der Waals surface area contributed by atoms with Gasteiger partial charge in [0.15, 0.2) is 0 Å². The van der Waals surface area contributed by atoms with E-state index < -0.39 is 5.54 Å². The Kier molecular flexibility index (Phi) is 4.69. The van der Waals surface area contributed by atoms with Gasteiger partial charge in [0.2, 0.25) is 5.91 Å². The number of amides is 1. The molecule has 26 heavy (non-hydrogen) atoms. The lowest BCUT2D eigenvalue weighted by molar-refractivity contribution is -0.152. The van der Waals surface area contributed by atoms with Gasteiger partial charge in [0.05, 0.1) is 11.6 Å². The van der Waals surface area contributed by atoms with Crippen molar-refractivity contribution in [1.29, 1.82) is 0 Å². The van der Waals surface area contributed by atoms with E-state index in [1.165, 1.54) is 12.1 Å². The molecule has 2 atom stereocenters. The van der Waals surface area contributed by atoms with Gasteiger partial charge in [0, 0.05) is 24.7 Å². The van der Waals surface area contributed by atoms with Crippen molar-refractivity contribution in [2.24, 2.45) is 0 Å². The molecule has 0 saturated carbocycles. The summed E-state index contributed by atoms with van der Waals surface area (Å²) in [6, 6.07) is 14.6. The van der Waals surface area contributed by atoms with Crippen LogP contribution in [0.2, 0.25) is 5.02 Å². The number of rotatable bonds is 3. The van der Waals surface area contributed by atoms with E-state index in [1.54, 1.807) is 6.07 Å². The molecule has 0 unspecified atom stereocenters. The highest BCUT2D eigenvalue weighted by molar-refractivity contribution is 6.30. The number of morpholine rings is 1. The first kappa shape index (κ1) is 17.5. The number of nitrogens with zero attached hydrogens (tertiary/aromatic N) is 1. The van der Waals surface area contributed by atoms with Gasteiger partial charge in [-0.3, -0.25) is 9.69 Å². The minimum atomic E-state index is -0.507. The van der Waals surface area contributed by atoms with Crippen molar-refractivity contribution >= 4 is 17.5 Å². The van der Waals surface area contributed by atoms with E-state index in [0.29, 0.717) is 18.1 Å². The molecular weight excluding hydrogens is 355 g/mol. The van der Waals surface area contributed by atoms with Crippen molar-refractivity contribution < 1.29 is 13.9 Å². The summed E-state index contributed by atoms with van der Waals surface area (Å²) in [5.41, 5.74) is 1.39. The molecule has 0 bridgehead atoms. The Bertz CT molecular complexity index is 796. The fraction of sp³-hybridized carbons (Fsp3) is 0.350. The number of halogens is 2. The summed E-state index contributed by atoms with van der Waals surface area (Å²) in [6.07, 6.45) is 0.580. The van der Waals surface area contributed by atoms with Crippen LogP contribution in [0.3, 0.4) is 0 Å². The molecule has 2 fully saturated rings. The zero-order valence-corrected chi connectivity index (χ0v) is 15.0. The number of likely N-dealkylation sites (tertiary alicyclic amines) is 1. The molecule has 0 radical (unpaired) electrons. The average molecular weight is 375 g/mol. The lowest BCUT2D eigenvalue weighted by atomic mass is 9.77. The maximum Gasteiger partial charge on any atom is 0.246 e. The molecule has 2 aliphatic rings. The number of carbonyl (C=O) groups is 1. The van der Waals surface area contributed by atoms with Gasteiger partial charge in [-0.25, -0.2) is 4.39 Å². The molecule has 2 saturated heterocycles. The van der Waals surface area contributed by atoms with Gasteiger partial charge >= 0.3 is 0 Å². The second-order valence-corrected chi connectivity index (χ2v) is 7.38. The fourth-order valence-electron chi connectivity index (χ4n) is 4.02. The van der Waals surface area contributed by atoms with Crippen LogP contribution in [0.15, 0.2) is 48.5 Å². The zero-order chi connectivity index (χ0) is 18.1. The molecule has 136 valence electrons. The first-order valence-corrected chi connectivity index (χ1v) is 9.08. The standard InChI is InChI=1S/C20H20ClFN2O2/c21-16-8-14(9-17(22)10-16)11-24-7-6-20(15-4-2-1-3-5-15)18(12-24)26-13-19(25)23-20/h1-5,8-10,18H,6-7,11-13H2,(H,23,25)/t18-,20+/m1/s1. The van der Waals surface area contributed by atoms with E-state index in [0.717, 1.165) is 24.1 Å². The Balaban J connectivity index is 1.56. The van der Waals surface area contributed by atoms with Crippen molar-refractivity contribution in [2.75, 3.05) is 19.7 Å². The predicted molar refractivity (Wildman–Crippen MR) is 97.3 cm³/mol. The molecule has 2 heterocycles. The third-order valence-corrected chi connectivity index (χ3v) is 5.41. The Hall–Kier alpha value is -1.95. The predicted octanol–water partition coefficient (Wildman–Crippen LogP) is 3.10. The summed E-state index contributed by atoms with van der Waals surface area (Å²) in [5.74, 6) is -0.417. The lowest BCUT2D eigenvalue weighted by Crippen LogP contribution is -2.66. The van der Waals surface area contributed by atoms with Gasteiger partial charge in [-0.05, 0) is 35.7 Å². The van der Waals surface area contributed by atoms with Gasteiger partial charge in [-0.1, -0.05) is 41.9 Å². The molecule has 1 amide bonds. The van der Waals surface area contributed by atoms with Crippen LogP contribution in [-0.2, 0) is 21.6 Å². The Morgan fingerprint density at radius 3 is 2.85 bits per heavy atom. The molecule has 0 aromatic heterocycles. The van der Waals surface area contributed by atoms with Crippen LogP contribution in [-0.4, -0.2) is 36.6 Å². The van der Waals surface area contributed by atoms with Gasteiger partial charge in [0.1, 0.15) is 12.4 Å². The summed E-state index contributed by atoms with van der Waals surface area (Å²) in [4.78, 5) is 14.3. The van der Waals surface area contributed by atoms with E-state index in [9.17, 15) is 9.18 Å². The summed E-state index contributed by atoms with van der Waals surface area (Å²) >= 11 is 5.97. The van der Waals surface area contributed by atoms with Crippen LogP contribution in [0.25, 0.3) is 0 Å². The fourth-order valence-corrected chi connectivity index (χ4v) is 4.26. The number of fused-ring (bicyclic) bond motifs is 1. The van der Waals surface area contributed by atoms with Crippen LogP contribution in [0.4, 0.5) is 4.39 Å². The molecular formula is C20H20ClFN2O2. The maximum absolute atomic E-state index is 13.6. The number of piperidine rings is 1. The molecule has 2 aromatic carbocycles. The monoisotopic (exact) mass is 374 g/mol. The van der Waals surface area contributed by atoms with E-state index in [2.05, 4.69) is 10.2 Å². The number of benzene rings is 2. The van der Waals surface area contributed by atoms with Crippen molar-refractivity contribution in [3.05, 3.63) is 70.5 Å². The maximum atomic E-state index is 13.6. The summed E-state index contributed by atoms with van der Waals surface area (Å²) in [6.45, 7) is 2.08. The normalized spacial score (nSPS) is 26.2. The average Bonchev–Trinajstić information content (AvgIpc) is 2.62. The molecule has 0 spiro atoms. The summed E-state index contributed by atoms with van der Waals surface area (Å²) in [7, 11) is 0. The van der Waals surface area contributed by atoms with Crippen LogP contribution < -0.4 is 5.32 Å². The zero-order valence-electron chi connectivity index (χ0n) is 14.3. The summed E-state index contributed by atoms with van der Waals surface area (Å²) < 4.78 is 19.5. The lowest BCUT2D eigenvalue weighted by Gasteiger charge is -2.50. The molecule has 4 rings (SSSR count). The highest BCUT2D eigenvalue weighted by Gasteiger charge is 2.48. The van der Waals surface area contributed by atoms with Crippen LogP contribution in [0.5, 0.6) is 0 Å². The second-order valence-electron chi connectivity index (χ2n) is 6.95. The number of hydrogen-bond donors (Lipinski definition) is 1.